The SMILES string of the molecule is CC[C@@H](C(=O)NC(C)C)N(Cc1ccc(OC)cc1)C(=O)CN(c1ccc(C)c(C)c1)S(=O)(=O)c1ccc(C)cc1. The van der Waals surface area contributed by atoms with Crippen molar-refractivity contribution in [3.63, 3.8) is 0 Å². The number of ether oxygens (including phenoxy) is 1. The monoisotopic (exact) mass is 579 g/mol. The first-order valence-electron chi connectivity index (χ1n) is 13.8. The van der Waals surface area contributed by atoms with Crippen LogP contribution in [0.3, 0.4) is 0 Å². The second kappa shape index (κ2) is 13.7. The molecule has 220 valence electrons. The van der Waals surface area contributed by atoms with E-state index in [1.165, 1.54) is 4.90 Å². The van der Waals surface area contributed by atoms with Crippen LogP contribution in [-0.2, 0) is 26.2 Å². The molecule has 0 fully saturated rings. The van der Waals surface area contributed by atoms with Crippen LogP contribution in [0.15, 0.2) is 71.6 Å². The van der Waals surface area contributed by atoms with E-state index in [2.05, 4.69) is 5.32 Å². The van der Waals surface area contributed by atoms with Gasteiger partial charge in [-0.3, -0.25) is 13.9 Å². The molecule has 0 spiro atoms. The van der Waals surface area contributed by atoms with Crippen molar-refractivity contribution in [2.75, 3.05) is 18.0 Å². The van der Waals surface area contributed by atoms with Crippen LogP contribution in [0.2, 0.25) is 0 Å². The summed E-state index contributed by atoms with van der Waals surface area (Å²) in [5.74, 6) is -0.106. The Balaban J connectivity index is 2.08. The van der Waals surface area contributed by atoms with E-state index in [-0.39, 0.29) is 23.4 Å². The Hall–Kier alpha value is -3.85. The van der Waals surface area contributed by atoms with Crippen molar-refractivity contribution in [2.45, 2.75) is 71.5 Å². The van der Waals surface area contributed by atoms with Gasteiger partial charge in [-0.1, -0.05) is 42.8 Å². The third-order valence-corrected chi connectivity index (χ3v) is 8.78. The van der Waals surface area contributed by atoms with Crippen molar-refractivity contribution in [3.8, 4) is 5.75 Å². The Labute approximate surface area is 244 Å². The third kappa shape index (κ3) is 7.88. The molecule has 9 heteroatoms. The fourth-order valence-electron chi connectivity index (χ4n) is 4.47. The molecule has 0 radical (unpaired) electrons. The lowest BCUT2D eigenvalue weighted by molar-refractivity contribution is -0.140. The van der Waals surface area contributed by atoms with Gasteiger partial charge in [0.1, 0.15) is 18.3 Å². The van der Waals surface area contributed by atoms with E-state index >= 15 is 0 Å². The zero-order valence-electron chi connectivity index (χ0n) is 25.0. The number of hydrogen-bond donors (Lipinski definition) is 1. The smallest absolute Gasteiger partial charge is 0.264 e. The molecule has 0 unspecified atom stereocenters. The number of benzene rings is 3. The highest BCUT2D eigenvalue weighted by Crippen LogP contribution is 2.27. The fraction of sp³-hybridized carbons (Fsp3) is 0.375. The van der Waals surface area contributed by atoms with Gasteiger partial charge in [0.05, 0.1) is 17.7 Å². The Morgan fingerprint density at radius 1 is 0.902 bits per heavy atom. The molecular weight excluding hydrogens is 538 g/mol. The van der Waals surface area contributed by atoms with Crippen LogP contribution in [-0.4, -0.2) is 50.9 Å². The van der Waals surface area contributed by atoms with Crippen LogP contribution < -0.4 is 14.4 Å². The maximum absolute atomic E-state index is 14.1. The van der Waals surface area contributed by atoms with Crippen LogP contribution in [0.4, 0.5) is 5.69 Å². The van der Waals surface area contributed by atoms with Gasteiger partial charge in [0.2, 0.25) is 11.8 Å². The maximum atomic E-state index is 14.1. The van der Waals surface area contributed by atoms with Crippen LogP contribution in [0, 0.1) is 20.8 Å². The number of methoxy groups -OCH3 is 1. The standard InChI is InChI=1S/C32H41N3O5S/c1-8-30(32(37)33-22(2)3)34(20-26-12-15-28(40-7)16-13-26)31(36)21-35(27-14-11-24(5)25(6)19-27)41(38,39)29-17-9-23(4)10-18-29/h9-19,22,30H,8,20-21H2,1-7H3,(H,33,37)/t30-/m0/s1. The lowest BCUT2D eigenvalue weighted by Crippen LogP contribution is -2.53. The van der Waals surface area contributed by atoms with Crippen molar-refractivity contribution >= 4 is 27.5 Å². The summed E-state index contributed by atoms with van der Waals surface area (Å²) in [7, 11) is -2.54. The molecule has 3 aromatic rings. The summed E-state index contributed by atoms with van der Waals surface area (Å²) >= 11 is 0. The van der Waals surface area contributed by atoms with E-state index in [0.29, 0.717) is 17.9 Å². The Morgan fingerprint density at radius 2 is 1.54 bits per heavy atom. The molecule has 0 aromatic heterocycles. The van der Waals surface area contributed by atoms with Crippen molar-refractivity contribution in [1.29, 1.82) is 0 Å². The first-order valence-corrected chi connectivity index (χ1v) is 15.2. The number of amides is 2. The van der Waals surface area contributed by atoms with Crippen LogP contribution in [0.5, 0.6) is 5.75 Å². The Morgan fingerprint density at radius 3 is 2.07 bits per heavy atom. The van der Waals surface area contributed by atoms with E-state index in [1.54, 1.807) is 55.6 Å². The lowest BCUT2D eigenvalue weighted by Gasteiger charge is -2.33. The predicted molar refractivity (Wildman–Crippen MR) is 163 cm³/mol. The van der Waals surface area contributed by atoms with Crippen LogP contribution >= 0.6 is 0 Å². The van der Waals surface area contributed by atoms with E-state index < -0.39 is 28.5 Å². The second-order valence-electron chi connectivity index (χ2n) is 10.6. The maximum Gasteiger partial charge on any atom is 0.264 e. The molecule has 1 atom stereocenters. The second-order valence-corrected chi connectivity index (χ2v) is 12.4. The summed E-state index contributed by atoms with van der Waals surface area (Å²) in [6.45, 7) is 10.9. The van der Waals surface area contributed by atoms with Crippen molar-refractivity contribution in [2.24, 2.45) is 0 Å². The molecule has 1 N–H and O–H groups in total. The summed E-state index contributed by atoms with van der Waals surface area (Å²) in [6.07, 6.45) is 0.356. The average Bonchev–Trinajstić information content (AvgIpc) is 2.93. The first-order chi connectivity index (χ1) is 19.4. The van der Waals surface area contributed by atoms with E-state index in [1.807, 2.05) is 59.7 Å². The minimum absolute atomic E-state index is 0.0837. The van der Waals surface area contributed by atoms with Gasteiger partial charge in [0.25, 0.3) is 10.0 Å². The van der Waals surface area contributed by atoms with E-state index in [4.69, 9.17) is 4.74 Å². The van der Waals surface area contributed by atoms with E-state index in [0.717, 1.165) is 26.6 Å². The molecule has 2 amide bonds. The Bertz CT molecular complexity index is 1450. The van der Waals surface area contributed by atoms with Crippen molar-refractivity contribution in [1.82, 2.24) is 10.2 Å². The van der Waals surface area contributed by atoms with Gasteiger partial charge < -0.3 is 15.0 Å². The van der Waals surface area contributed by atoms with Gasteiger partial charge in [0.15, 0.2) is 0 Å². The molecule has 0 saturated heterocycles. The third-order valence-electron chi connectivity index (χ3n) is 7.00. The number of nitrogens with zero attached hydrogens (tertiary/aromatic N) is 2. The van der Waals surface area contributed by atoms with Crippen molar-refractivity contribution in [3.05, 3.63) is 89.0 Å². The Kier molecular flexibility index (Phi) is 10.6. The highest BCUT2D eigenvalue weighted by Gasteiger charge is 2.34. The zero-order chi connectivity index (χ0) is 30.3. The summed E-state index contributed by atoms with van der Waals surface area (Å²) < 4.78 is 34.4. The molecule has 41 heavy (non-hydrogen) atoms. The molecule has 0 bridgehead atoms. The highest BCUT2D eigenvalue weighted by atomic mass is 32.2. The van der Waals surface area contributed by atoms with Gasteiger partial charge in [0, 0.05) is 12.6 Å². The number of anilines is 1. The van der Waals surface area contributed by atoms with E-state index in [9.17, 15) is 18.0 Å². The summed E-state index contributed by atoms with van der Waals surface area (Å²) in [5, 5.41) is 2.91. The molecule has 0 heterocycles. The minimum Gasteiger partial charge on any atom is -0.497 e. The highest BCUT2D eigenvalue weighted by molar-refractivity contribution is 7.92. The lowest BCUT2D eigenvalue weighted by atomic mass is 10.1. The molecule has 3 aromatic carbocycles. The van der Waals surface area contributed by atoms with Gasteiger partial charge >= 0.3 is 0 Å². The number of hydrogen-bond acceptors (Lipinski definition) is 5. The molecule has 0 aliphatic carbocycles. The predicted octanol–water partition coefficient (Wildman–Crippen LogP) is 5.15. The summed E-state index contributed by atoms with van der Waals surface area (Å²) in [6, 6.07) is 18.2. The molecule has 3 rings (SSSR count). The number of sulfonamides is 1. The topological polar surface area (TPSA) is 96.0 Å². The fourth-order valence-corrected chi connectivity index (χ4v) is 5.88. The molecule has 8 nitrogen and oxygen atoms in total. The minimum atomic E-state index is -4.11. The summed E-state index contributed by atoms with van der Waals surface area (Å²) in [5.41, 5.74) is 3.99. The average molecular weight is 580 g/mol. The summed E-state index contributed by atoms with van der Waals surface area (Å²) in [4.78, 5) is 29.0. The largest absolute Gasteiger partial charge is 0.497 e. The first kappa shape index (κ1) is 31.7. The van der Waals surface area contributed by atoms with Gasteiger partial charge in [-0.25, -0.2) is 8.42 Å². The normalized spacial score (nSPS) is 12.1. The molecule has 0 aliphatic rings. The van der Waals surface area contributed by atoms with Gasteiger partial charge in [-0.15, -0.1) is 0 Å². The van der Waals surface area contributed by atoms with Crippen LogP contribution in [0.1, 0.15) is 49.4 Å². The van der Waals surface area contributed by atoms with Crippen molar-refractivity contribution < 1.29 is 22.7 Å². The molecule has 0 saturated carbocycles. The van der Waals surface area contributed by atoms with Crippen LogP contribution in [0.25, 0.3) is 0 Å². The number of rotatable bonds is 12. The van der Waals surface area contributed by atoms with Gasteiger partial charge in [-0.05, 0) is 94.1 Å². The quantitative estimate of drug-likeness (QED) is 0.320. The number of aryl methyl sites for hydroxylation is 3. The number of carbonyl (C=O) groups is 2. The molecule has 0 aliphatic heterocycles. The number of nitrogens with one attached hydrogen (secondary N) is 1. The zero-order valence-corrected chi connectivity index (χ0v) is 25.8. The number of carbonyl (C=O) groups excluding carboxylic acids is 2. The van der Waals surface area contributed by atoms with Gasteiger partial charge in [-0.2, -0.15) is 0 Å². The molecular formula is C32H41N3O5S.